The lowest BCUT2D eigenvalue weighted by molar-refractivity contribution is -0.121. The number of thioether (sulfide) groups is 1. The summed E-state index contributed by atoms with van der Waals surface area (Å²) in [4.78, 5) is 12.6. The minimum absolute atomic E-state index is 0.319. The van der Waals surface area contributed by atoms with Gasteiger partial charge in [-0.3, -0.25) is 4.79 Å². The maximum atomic E-state index is 12.3. The number of alkyl halides is 3. The zero-order chi connectivity index (χ0) is 15.5. The molecule has 7 heteroatoms. The standard InChI is InChI=1S/C14H17F3N2OS/c15-14(16,17)9-21-11-6-2-1-5-10(11)19-12(20)13(18)7-3-4-8-13/h1-2,5-6H,3-4,7-9,18H2,(H,19,20). The molecule has 0 heterocycles. The second-order valence-electron chi connectivity index (χ2n) is 5.22. The molecule has 1 aromatic carbocycles. The molecular weight excluding hydrogens is 301 g/mol. The van der Waals surface area contributed by atoms with Crippen LogP contribution >= 0.6 is 11.8 Å². The van der Waals surface area contributed by atoms with Gasteiger partial charge in [0.05, 0.1) is 17.0 Å². The van der Waals surface area contributed by atoms with Crippen LogP contribution in [0.25, 0.3) is 0 Å². The van der Waals surface area contributed by atoms with Crippen LogP contribution in [0.2, 0.25) is 0 Å². The smallest absolute Gasteiger partial charge is 0.323 e. The number of nitrogens with one attached hydrogen (secondary N) is 1. The molecule has 1 aliphatic carbocycles. The van der Waals surface area contributed by atoms with E-state index in [2.05, 4.69) is 5.32 Å². The van der Waals surface area contributed by atoms with Crippen LogP contribution in [0.4, 0.5) is 18.9 Å². The predicted molar refractivity (Wildman–Crippen MR) is 77.2 cm³/mol. The highest BCUT2D eigenvalue weighted by atomic mass is 32.2. The Hall–Kier alpha value is -1.21. The second kappa shape index (κ2) is 6.27. The van der Waals surface area contributed by atoms with Crippen LogP contribution in [0.15, 0.2) is 29.2 Å². The van der Waals surface area contributed by atoms with Crippen molar-refractivity contribution in [1.82, 2.24) is 0 Å². The Labute approximate surface area is 125 Å². The lowest BCUT2D eigenvalue weighted by Crippen LogP contribution is -2.48. The van der Waals surface area contributed by atoms with Gasteiger partial charge in [0.15, 0.2) is 0 Å². The molecule has 0 radical (unpaired) electrons. The van der Waals surface area contributed by atoms with Crippen LogP contribution in [-0.2, 0) is 4.79 Å². The van der Waals surface area contributed by atoms with E-state index in [4.69, 9.17) is 5.73 Å². The van der Waals surface area contributed by atoms with Gasteiger partial charge in [0.2, 0.25) is 5.91 Å². The largest absolute Gasteiger partial charge is 0.398 e. The van der Waals surface area contributed by atoms with Gasteiger partial charge in [-0.2, -0.15) is 13.2 Å². The van der Waals surface area contributed by atoms with Gasteiger partial charge in [-0.1, -0.05) is 25.0 Å². The van der Waals surface area contributed by atoms with E-state index in [1.54, 1.807) is 24.3 Å². The number of para-hydroxylation sites is 1. The molecule has 1 aromatic rings. The highest BCUT2D eigenvalue weighted by Gasteiger charge is 2.37. The molecule has 0 atom stereocenters. The third kappa shape index (κ3) is 4.38. The van der Waals surface area contributed by atoms with Crippen molar-refractivity contribution in [2.24, 2.45) is 5.73 Å². The van der Waals surface area contributed by atoms with E-state index in [1.165, 1.54) is 0 Å². The minimum Gasteiger partial charge on any atom is -0.323 e. The summed E-state index contributed by atoms with van der Waals surface area (Å²) in [5, 5.41) is 2.68. The molecule has 3 N–H and O–H groups in total. The van der Waals surface area contributed by atoms with Crippen molar-refractivity contribution in [3.8, 4) is 0 Å². The van der Waals surface area contributed by atoms with Gasteiger partial charge in [-0.25, -0.2) is 0 Å². The summed E-state index contributed by atoms with van der Waals surface area (Å²) in [6, 6.07) is 6.46. The zero-order valence-electron chi connectivity index (χ0n) is 11.4. The van der Waals surface area contributed by atoms with Crippen molar-refractivity contribution in [3.63, 3.8) is 0 Å². The summed E-state index contributed by atoms with van der Waals surface area (Å²) < 4.78 is 36.9. The average Bonchev–Trinajstić information content (AvgIpc) is 2.85. The van der Waals surface area contributed by atoms with E-state index < -0.39 is 17.5 Å². The van der Waals surface area contributed by atoms with Crippen molar-refractivity contribution >= 4 is 23.4 Å². The van der Waals surface area contributed by atoms with Crippen molar-refractivity contribution in [1.29, 1.82) is 0 Å². The maximum absolute atomic E-state index is 12.3. The van der Waals surface area contributed by atoms with E-state index in [0.29, 0.717) is 35.2 Å². The van der Waals surface area contributed by atoms with Gasteiger partial charge in [-0.05, 0) is 25.0 Å². The lowest BCUT2D eigenvalue weighted by Gasteiger charge is -2.23. The van der Waals surface area contributed by atoms with Gasteiger partial charge in [0.1, 0.15) is 0 Å². The maximum Gasteiger partial charge on any atom is 0.398 e. The molecular formula is C14H17F3N2OS. The number of rotatable bonds is 4. The molecule has 1 amide bonds. The predicted octanol–water partition coefficient (Wildman–Crippen LogP) is 3.55. The van der Waals surface area contributed by atoms with E-state index in [0.717, 1.165) is 12.8 Å². The van der Waals surface area contributed by atoms with Gasteiger partial charge in [0, 0.05) is 4.90 Å². The number of hydrogen-bond acceptors (Lipinski definition) is 3. The summed E-state index contributed by atoms with van der Waals surface area (Å²) in [7, 11) is 0. The van der Waals surface area contributed by atoms with Gasteiger partial charge in [0.25, 0.3) is 0 Å². The third-order valence-electron chi connectivity index (χ3n) is 3.47. The lowest BCUT2D eigenvalue weighted by atomic mass is 9.98. The molecule has 21 heavy (non-hydrogen) atoms. The molecule has 2 rings (SSSR count). The fourth-order valence-corrected chi connectivity index (χ4v) is 3.10. The van der Waals surface area contributed by atoms with Gasteiger partial charge < -0.3 is 11.1 Å². The Kier molecular flexibility index (Phi) is 4.83. The number of carbonyl (C=O) groups excluding carboxylic acids is 1. The highest BCUT2D eigenvalue weighted by Crippen LogP contribution is 2.34. The van der Waals surface area contributed by atoms with Crippen LogP contribution in [0.5, 0.6) is 0 Å². The molecule has 1 fully saturated rings. The van der Waals surface area contributed by atoms with Crippen LogP contribution in [0.3, 0.4) is 0 Å². The van der Waals surface area contributed by atoms with Crippen LogP contribution in [0, 0.1) is 0 Å². The van der Waals surface area contributed by atoms with E-state index in [1.807, 2.05) is 0 Å². The summed E-state index contributed by atoms with van der Waals surface area (Å²) in [5.41, 5.74) is 5.53. The second-order valence-corrected chi connectivity index (χ2v) is 6.23. The normalized spacial score (nSPS) is 17.7. The first-order chi connectivity index (χ1) is 9.80. The fourth-order valence-electron chi connectivity index (χ4n) is 2.34. The summed E-state index contributed by atoms with van der Waals surface area (Å²) >= 11 is 0.657. The number of anilines is 1. The highest BCUT2D eigenvalue weighted by molar-refractivity contribution is 7.99. The number of hydrogen-bond donors (Lipinski definition) is 2. The van der Waals surface area contributed by atoms with E-state index >= 15 is 0 Å². The summed E-state index contributed by atoms with van der Waals surface area (Å²) in [6.07, 6.45) is -1.24. The minimum atomic E-state index is -4.25. The number of halogens is 3. The molecule has 0 saturated heterocycles. The van der Waals surface area contributed by atoms with E-state index in [-0.39, 0.29) is 5.91 Å². The Balaban J connectivity index is 2.07. The molecule has 1 aliphatic rings. The Morgan fingerprint density at radius 1 is 1.29 bits per heavy atom. The number of benzene rings is 1. The van der Waals surface area contributed by atoms with E-state index in [9.17, 15) is 18.0 Å². The van der Waals surface area contributed by atoms with Gasteiger partial charge in [-0.15, -0.1) is 11.8 Å². The van der Waals surface area contributed by atoms with Crippen LogP contribution < -0.4 is 11.1 Å². The Bertz CT molecular complexity index is 513. The molecule has 1 saturated carbocycles. The third-order valence-corrected chi connectivity index (χ3v) is 4.61. The van der Waals surface area contributed by atoms with Crippen molar-refractivity contribution in [2.45, 2.75) is 42.3 Å². The SMILES string of the molecule is NC1(C(=O)Nc2ccccc2SCC(F)(F)F)CCCC1. The van der Waals surface area contributed by atoms with Crippen molar-refractivity contribution < 1.29 is 18.0 Å². The number of amides is 1. The molecule has 3 nitrogen and oxygen atoms in total. The zero-order valence-corrected chi connectivity index (χ0v) is 12.2. The van der Waals surface area contributed by atoms with Crippen LogP contribution in [0.1, 0.15) is 25.7 Å². The molecule has 0 bridgehead atoms. The van der Waals surface area contributed by atoms with Gasteiger partial charge >= 0.3 is 6.18 Å². The summed E-state index contributed by atoms with van der Waals surface area (Å²) in [5.74, 6) is -1.31. The first-order valence-electron chi connectivity index (χ1n) is 6.69. The van der Waals surface area contributed by atoms with Crippen molar-refractivity contribution in [3.05, 3.63) is 24.3 Å². The molecule has 0 aromatic heterocycles. The first kappa shape index (κ1) is 16.2. The number of nitrogens with two attached hydrogens (primary N) is 1. The fraction of sp³-hybridized carbons (Fsp3) is 0.500. The van der Waals surface area contributed by atoms with Crippen LogP contribution in [-0.4, -0.2) is 23.4 Å². The quantitative estimate of drug-likeness (QED) is 0.835. The first-order valence-corrected chi connectivity index (χ1v) is 7.68. The molecule has 0 spiro atoms. The molecule has 116 valence electrons. The number of carbonyl (C=O) groups is 1. The molecule has 0 unspecified atom stereocenters. The Morgan fingerprint density at radius 2 is 1.90 bits per heavy atom. The average molecular weight is 318 g/mol. The Morgan fingerprint density at radius 3 is 2.52 bits per heavy atom. The topological polar surface area (TPSA) is 55.1 Å². The monoisotopic (exact) mass is 318 g/mol. The molecule has 0 aliphatic heterocycles. The summed E-state index contributed by atoms with van der Waals surface area (Å²) in [6.45, 7) is 0. The van der Waals surface area contributed by atoms with Crippen molar-refractivity contribution in [2.75, 3.05) is 11.1 Å².